The third-order valence-corrected chi connectivity index (χ3v) is 6.44. The van der Waals surface area contributed by atoms with Crippen molar-refractivity contribution in [1.29, 1.82) is 0 Å². The van der Waals surface area contributed by atoms with Gasteiger partial charge in [0.15, 0.2) is 5.78 Å². The number of benzene rings is 3. The average molecular weight is 472 g/mol. The maximum atomic E-state index is 13.8. The van der Waals surface area contributed by atoms with E-state index < -0.39 is 0 Å². The number of fused-ring (bicyclic) bond motifs is 1. The van der Waals surface area contributed by atoms with Crippen LogP contribution in [0.25, 0.3) is 22.3 Å². The van der Waals surface area contributed by atoms with Gasteiger partial charge in [0.2, 0.25) is 0 Å². The Labute approximate surface area is 207 Å². The maximum absolute atomic E-state index is 13.8. The number of carbonyl (C=O) groups is 1. The second-order valence-corrected chi connectivity index (χ2v) is 8.67. The van der Waals surface area contributed by atoms with Gasteiger partial charge in [0.25, 0.3) is 0 Å². The van der Waals surface area contributed by atoms with Crippen molar-refractivity contribution < 1.29 is 18.7 Å². The molecule has 4 rings (SSSR count). The number of aryl methyl sites for hydroxylation is 2. The molecule has 1 aromatic heterocycles. The maximum Gasteiger partial charge on any atom is 0.197 e. The zero-order chi connectivity index (χ0) is 24.9. The lowest BCUT2D eigenvalue weighted by Crippen LogP contribution is -2.27. The summed E-state index contributed by atoms with van der Waals surface area (Å²) < 4.78 is 17.6. The third-order valence-electron chi connectivity index (χ3n) is 6.44. The molecule has 0 bridgehead atoms. The molecule has 5 heteroatoms. The Morgan fingerprint density at radius 1 is 0.943 bits per heavy atom. The molecule has 0 unspecified atom stereocenters. The number of rotatable bonds is 10. The lowest BCUT2D eigenvalue weighted by atomic mass is 9.95. The lowest BCUT2D eigenvalue weighted by Gasteiger charge is -2.18. The van der Waals surface area contributed by atoms with Crippen molar-refractivity contribution in [3.05, 3.63) is 82.9 Å². The quantitative estimate of drug-likeness (QED) is 0.242. The van der Waals surface area contributed by atoms with Crippen molar-refractivity contribution in [3.8, 4) is 22.8 Å². The summed E-state index contributed by atoms with van der Waals surface area (Å²) in [5, 5.41) is 0.804. The van der Waals surface area contributed by atoms with E-state index in [9.17, 15) is 4.79 Å². The Hall–Kier alpha value is -3.57. The first-order valence-corrected chi connectivity index (χ1v) is 12.1. The molecule has 0 aliphatic heterocycles. The van der Waals surface area contributed by atoms with Crippen LogP contribution in [0.4, 0.5) is 0 Å². The van der Waals surface area contributed by atoms with Crippen LogP contribution in [0.3, 0.4) is 0 Å². The van der Waals surface area contributed by atoms with Crippen LogP contribution in [-0.4, -0.2) is 44.0 Å². The second-order valence-electron chi connectivity index (χ2n) is 8.67. The first-order valence-electron chi connectivity index (χ1n) is 12.1. The summed E-state index contributed by atoms with van der Waals surface area (Å²) in [4.78, 5) is 16.1. The van der Waals surface area contributed by atoms with E-state index in [1.165, 1.54) is 0 Å². The molecule has 0 fully saturated rings. The minimum Gasteiger partial charge on any atom is -0.496 e. The summed E-state index contributed by atoms with van der Waals surface area (Å²) in [6.45, 7) is 11.7. The number of methoxy groups -OCH3 is 1. The summed E-state index contributed by atoms with van der Waals surface area (Å²) >= 11 is 0. The van der Waals surface area contributed by atoms with Crippen molar-refractivity contribution in [2.75, 3.05) is 33.4 Å². The van der Waals surface area contributed by atoms with Crippen LogP contribution in [0.5, 0.6) is 11.5 Å². The van der Waals surface area contributed by atoms with Crippen molar-refractivity contribution in [2.24, 2.45) is 0 Å². The summed E-state index contributed by atoms with van der Waals surface area (Å²) in [5.74, 6) is 2.09. The second kappa shape index (κ2) is 10.8. The summed E-state index contributed by atoms with van der Waals surface area (Å²) in [6.07, 6.45) is 0. The predicted molar refractivity (Wildman–Crippen MR) is 141 cm³/mol. The molecule has 0 radical (unpaired) electrons. The molecule has 35 heavy (non-hydrogen) atoms. The number of ketones is 1. The topological polar surface area (TPSA) is 51.9 Å². The molecule has 0 aliphatic carbocycles. The van der Waals surface area contributed by atoms with Crippen LogP contribution < -0.4 is 9.47 Å². The lowest BCUT2D eigenvalue weighted by molar-refractivity contribution is 0.104. The van der Waals surface area contributed by atoms with Crippen LogP contribution in [0.15, 0.2) is 65.1 Å². The van der Waals surface area contributed by atoms with Gasteiger partial charge in [-0.15, -0.1) is 0 Å². The highest BCUT2D eigenvalue weighted by Gasteiger charge is 2.24. The fraction of sp³-hybridized carbons (Fsp3) is 0.300. The van der Waals surface area contributed by atoms with Gasteiger partial charge in [-0.25, -0.2) is 0 Å². The number of para-hydroxylation sites is 1. The molecule has 5 nitrogen and oxygen atoms in total. The van der Waals surface area contributed by atoms with Gasteiger partial charge in [-0.05, 0) is 80.5 Å². The summed E-state index contributed by atoms with van der Waals surface area (Å²) in [7, 11) is 1.65. The highest BCUT2D eigenvalue weighted by molar-refractivity contribution is 6.19. The highest BCUT2D eigenvalue weighted by atomic mass is 16.5. The molecule has 0 saturated carbocycles. The van der Waals surface area contributed by atoms with Gasteiger partial charge in [-0.3, -0.25) is 4.79 Å². The molecule has 1 heterocycles. The molecule has 3 aromatic carbocycles. The average Bonchev–Trinajstić information content (AvgIpc) is 3.26. The first-order chi connectivity index (χ1) is 17.0. The first kappa shape index (κ1) is 24.6. The van der Waals surface area contributed by atoms with Crippen molar-refractivity contribution in [2.45, 2.75) is 27.7 Å². The fourth-order valence-electron chi connectivity index (χ4n) is 4.56. The van der Waals surface area contributed by atoms with Crippen LogP contribution in [0, 0.1) is 13.8 Å². The van der Waals surface area contributed by atoms with E-state index in [0.29, 0.717) is 29.1 Å². The molecule has 182 valence electrons. The number of furan rings is 1. The summed E-state index contributed by atoms with van der Waals surface area (Å²) in [6, 6.07) is 19.2. The van der Waals surface area contributed by atoms with Crippen LogP contribution in [0.1, 0.15) is 40.9 Å². The molecule has 0 saturated heterocycles. The van der Waals surface area contributed by atoms with Crippen molar-refractivity contribution in [3.63, 3.8) is 0 Å². The summed E-state index contributed by atoms with van der Waals surface area (Å²) in [5.41, 5.74) is 4.56. The van der Waals surface area contributed by atoms with Gasteiger partial charge in [-0.2, -0.15) is 0 Å². The van der Waals surface area contributed by atoms with Gasteiger partial charge in [-0.1, -0.05) is 32.0 Å². The Balaban J connectivity index is 1.68. The van der Waals surface area contributed by atoms with E-state index >= 15 is 0 Å². The van der Waals surface area contributed by atoms with Crippen molar-refractivity contribution >= 4 is 16.8 Å². The van der Waals surface area contributed by atoms with Crippen LogP contribution >= 0.6 is 0 Å². The Kier molecular flexibility index (Phi) is 7.57. The molecule has 0 amide bonds. The van der Waals surface area contributed by atoms with E-state index in [1.54, 1.807) is 7.11 Å². The van der Waals surface area contributed by atoms with E-state index in [2.05, 4.69) is 18.7 Å². The number of hydrogen-bond donors (Lipinski definition) is 0. The largest absolute Gasteiger partial charge is 0.496 e. The molecule has 0 N–H and O–H groups in total. The van der Waals surface area contributed by atoms with Gasteiger partial charge < -0.3 is 18.8 Å². The highest BCUT2D eigenvalue weighted by Crippen LogP contribution is 2.36. The number of nitrogens with zero attached hydrogens (tertiary/aromatic N) is 1. The van der Waals surface area contributed by atoms with E-state index in [1.807, 2.05) is 74.5 Å². The Morgan fingerprint density at radius 2 is 1.60 bits per heavy atom. The van der Waals surface area contributed by atoms with Gasteiger partial charge in [0.1, 0.15) is 29.4 Å². The Bertz CT molecular complexity index is 1290. The number of likely N-dealkylation sites (N-methyl/N-ethyl adjacent to an activating group) is 1. The molecular weight excluding hydrogens is 438 g/mol. The molecule has 4 aromatic rings. The number of carbonyl (C=O) groups excluding carboxylic acids is 1. The number of ether oxygens (including phenoxy) is 2. The van der Waals surface area contributed by atoms with E-state index in [0.717, 1.165) is 53.2 Å². The van der Waals surface area contributed by atoms with Crippen LogP contribution in [0.2, 0.25) is 0 Å². The van der Waals surface area contributed by atoms with Gasteiger partial charge >= 0.3 is 0 Å². The molecule has 0 spiro atoms. The van der Waals surface area contributed by atoms with Crippen LogP contribution in [-0.2, 0) is 0 Å². The monoisotopic (exact) mass is 471 g/mol. The molecule has 0 atom stereocenters. The predicted octanol–water partition coefficient (Wildman–Crippen LogP) is 6.68. The molecule has 0 aliphatic rings. The van der Waals surface area contributed by atoms with E-state index in [4.69, 9.17) is 13.9 Å². The third kappa shape index (κ3) is 5.10. The Morgan fingerprint density at radius 3 is 2.23 bits per heavy atom. The zero-order valence-electron chi connectivity index (χ0n) is 21.2. The standard InChI is InChI=1S/C30H33NO4/c1-6-31(7-2)16-17-34-24-14-12-22(13-15-24)30-27(25-10-8-9-11-26(25)35-30)28(32)23-18-20(3)29(33-5)21(4)19-23/h8-15,18-19H,6-7,16-17H2,1-5H3. The zero-order valence-corrected chi connectivity index (χ0v) is 21.2. The smallest absolute Gasteiger partial charge is 0.197 e. The minimum absolute atomic E-state index is 0.0710. The fourth-order valence-corrected chi connectivity index (χ4v) is 4.56. The van der Waals surface area contributed by atoms with Gasteiger partial charge in [0.05, 0.1) is 12.7 Å². The van der Waals surface area contributed by atoms with Crippen molar-refractivity contribution in [1.82, 2.24) is 4.90 Å². The minimum atomic E-state index is -0.0710. The van der Waals surface area contributed by atoms with E-state index in [-0.39, 0.29) is 5.78 Å². The van der Waals surface area contributed by atoms with Gasteiger partial charge in [0, 0.05) is 23.1 Å². The molecular formula is C30H33NO4. The number of hydrogen-bond acceptors (Lipinski definition) is 5. The normalized spacial score (nSPS) is 11.3. The SMILES string of the molecule is CCN(CC)CCOc1ccc(-c2oc3ccccc3c2C(=O)c2cc(C)c(OC)c(C)c2)cc1.